The highest BCUT2D eigenvalue weighted by atomic mass is 16.2. The summed E-state index contributed by atoms with van der Waals surface area (Å²) in [6, 6.07) is 17.3. The second-order valence-corrected chi connectivity index (χ2v) is 6.18. The van der Waals surface area contributed by atoms with E-state index >= 15 is 0 Å². The largest absolute Gasteiger partial charge is 0.339 e. The Bertz CT molecular complexity index is 752. The molecule has 3 heteroatoms. The van der Waals surface area contributed by atoms with Gasteiger partial charge in [0, 0.05) is 24.2 Å². The minimum absolute atomic E-state index is 0.0697. The lowest BCUT2D eigenvalue weighted by molar-refractivity contribution is 0.0698. The Labute approximate surface area is 137 Å². The Morgan fingerprint density at radius 2 is 1.65 bits per heavy atom. The first-order valence-electron chi connectivity index (χ1n) is 8.08. The number of benzene rings is 2. The van der Waals surface area contributed by atoms with Crippen LogP contribution in [0.4, 0.5) is 0 Å². The second-order valence-electron chi connectivity index (χ2n) is 6.18. The summed E-state index contributed by atoms with van der Waals surface area (Å²) in [6.07, 6.45) is 2.12. The summed E-state index contributed by atoms with van der Waals surface area (Å²) in [7, 11) is 0. The fraction of sp³-hybridized carbons (Fsp3) is 0.300. The molecule has 0 spiro atoms. The minimum Gasteiger partial charge on any atom is -0.339 e. The smallest absolute Gasteiger partial charge is 0.254 e. The Balaban J connectivity index is 1.98. The summed E-state index contributed by atoms with van der Waals surface area (Å²) >= 11 is 0. The van der Waals surface area contributed by atoms with Crippen molar-refractivity contribution in [1.29, 1.82) is 5.26 Å². The number of nitriles is 1. The zero-order valence-corrected chi connectivity index (χ0v) is 13.3. The summed E-state index contributed by atoms with van der Waals surface area (Å²) in [6.45, 7) is 3.86. The molecule has 0 atom stereocenters. The third-order valence-corrected chi connectivity index (χ3v) is 4.57. The fourth-order valence-electron chi connectivity index (χ4n) is 3.10. The highest BCUT2D eigenvalue weighted by Gasteiger charge is 2.23. The third kappa shape index (κ3) is 3.12. The number of nitrogens with zero attached hydrogens (tertiary/aromatic N) is 2. The van der Waals surface area contributed by atoms with Gasteiger partial charge >= 0.3 is 0 Å². The van der Waals surface area contributed by atoms with Gasteiger partial charge in [0.1, 0.15) is 0 Å². The van der Waals surface area contributed by atoms with Crippen LogP contribution in [0.25, 0.3) is 11.1 Å². The van der Waals surface area contributed by atoms with Crippen LogP contribution in [0, 0.1) is 17.2 Å². The number of likely N-dealkylation sites (tertiary alicyclic amines) is 1. The second kappa shape index (κ2) is 6.66. The van der Waals surface area contributed by atoms with E-state index in [0.717, 1.165) is 37.1 Å². The first-order chi connectivity index (χ1) is 11.2. The van der Waals surface area contributed by atoms with Crippen LogP contribution < -0.4 is 0 Å². The van der Waals surface area contributed by atoms with Crippen molar-refractivity contribution in [3.63, 3.8) is 0 Å². The molecule has 0 N–H and O–H groups in total. The molecule has 0 unspecified atom stereocenters. The van der Waals surface area contributed by atoms with E-state index in [1.807, 2.05) is 47.4 Å². The normalized spacial score (nSPS) is 15.2. The Morgan fingerprint density at radius 3 is 2.35 bits per heavy atom. The molecule has 0 aliphatic carbocycles. The number of carbonyl (C=O) groups is 1. The van der Waals surface area contributed by atoms with E-state index in [-0.39, 0.29) is 5.91 Å². The number of carbonyl (C=O) groups excluding carboxylic acids is 1. The molecule has 1 fully saturated rings. The molecule has 1 amide bonds. The van der Waals surface area contributed by atoms with Crippen molar-refractivity contribution in [2.75, 3.05) is 13.1 Å². The molecule has 2 aromatic carbocycles. The molecule has 2 aromatic rings. The van der Waals surface area contributed by atoms with Gasteiger partial charge in [0.15, 0.2) is 0 Å². The van der Waals surface area contributed by atoms with Crippen molar-refractivity contribution in [3.05, 3.63) is 59.7 Å². The van der Waals surface area contributed by atoms with Gasteiger partial charge in [-0.1, -0.05) is 43.3 Å². The summed E-state index contributed by atoms with van der Waals surface area (Å²) in [5.74, 6) is 0.758. The van der Waals surface area contributed by atoms with Gasteiger partial charge in [0.25, 0.3) is 5.91 Å². The van der Waals surface area contributed by atoms with Crippen molar-refractivity contribution in [3.8, 4) is 17.2 Å². The van der Waals surface area contributed by atoms with Gasteiger partial charge in [-0.2, -0.15) is 5.26 Å². The van der Waals surface area contributed by atoms with Crippen LogP contribution in [0.15, 0.2) is 48.5 Å². The average molecular weight is 304 g/mol. The highest BCUT2D eigenvalue weighted by molar-refractivity contribution is 6.01. The molecule has 1 aliphatic rings. The molecule has 1 saturated heterocycles. The van der Waals surface area contributed by atoms with Gasteiger partial charge in [-0.25, -0.2) is 0 Å². The van der Waals surface area contributed by atoms with Gasteiger partial charge < -0.3 is 4.90 Å². The van der Waals surface area contributed by atoms with Crippen LogP contribution in [0.5, 0.6) is 0 Å². The SMILES string of the molecule is CC1CCN(C(=O)c2ccccc2-c2ccccc2C#N)CC1. The van der Waals surface area contributed by atoms with Crippen LogP contribution in [0.2, 0.25) is 0 Å². The fourth-order valence-corrected chi connectivity index (χ4v) is 3.10. The lowest BCUT2D eigenvalue weighted by Gasteiger charge is -2.31. The monoisotopic (exact) mass is 304 g/mol. The molecule has 1 aliphatic heterocycles. The molecule has 3 rings (SSSR count). The van der Waals surface area contributed by atoms with Crippen molar-refractivity contribution >= 4 is 5.91 Å². The molecule has 0 bridgehead atoms. The molecule has 1 heterocycles. The van der Waals surface area contributed by atoms with Crippen LogP contribution in [-0.2, 0) is 0 Å². The number of rotatable bonds is 2. The molecular weight excluding hydrogens is 284 g/mol. The van der Waals surface area contributed by atoms with E-state index in [1.54, 1.807) is 6.07 Å². The highest BCUT2D eigenvalue weighted by Crippen LogP contribution is 2.28. The summed E-state index contributed by atoms with van der Waals surface area (Å²) in [4.78, 5) is 14.9. The molecule has 0 saturated carbocycles. The number of amides is 1. The van der Waals surface area contributed by atoms with E-state index in [4.69, 9.17) is 0 Å². The molecule has 0 radical (unpaired) electrons. The third-order valence-electron chi connectivity index (χ3n) is 4.57. The molecule has 0 aromatic heterocycles. The number of hydrogen-bond donors (Lipinski definition) is 0. The minimum atomic E-state index is 0.0697. The molecular formula is C20H20N2O. The first-order valence-corrected chi connectivity index (χ1v) is 8.08. The standard InChI is InChI=1S/C20H20N2O/c1-15-10-12-22(13-11-15)20(23)19-9-5-4-8-18(19)17-7-3-2-6-16(17)14-21/h2-9,15H,10-13H2,1H3. The molecule has 116 valence electrons. The Morgan fingerprint density at radius 1 is 1.04 bits per heavy atom. The Kier molecular flexibility index (Phi) is 4.43. The quantitative estimate of drug-likeness (QED) is 0.838. The van der Waals surface area contributed by atoms with Crippen LogP contribution in [0.1, 0.15) is 35.7 Å². The molecule has 23 heavy (non-hydrogen) atoms. The van der Waals surface area contributed by atoms with E-state index < -0.39 is 0 Å². The van der Waals surface area contributed by atoms with Crippen molar-refractivity contribution < 1.29 is 4.79 Å². The maximum atomic E-state index is 12.9. The van der Waals surface area contributed by atoms with Gasteiger partial charge in [0.2, 0.25) is 0 Å². The predicted octanol–water partition coefficient (Wildman–Crippen LogP) is 4.10. The van der Waals surface area contributed by atoms with E-state index in [0.29, 0.717) is 17.0 Å². The first kappa shape index (κ1) is 15.3. The summed E-state index contributed by atoms with van der Waals surface area (Å²) in [5, 5.41) is 9.34. The van der Waals surface area contributed by atoms with Crippen molar-refractivity contribution in [2.24, 2.45) is 5.92 Å². The van der Waals surface area contributed by atoms with Gasteiger partial charge in [-0.05, 0) is 36.5 Å². The van der Waals surface area contributed by atoms with Crippen LogP contribution >= 0.6 is 0 Å². The number of piperidine rings is 1. The van der Waals surface area contributed by atoms with E-state index in [2.05, 4.69) is 13.0 Å². The van der Waals surface area contributed by atoms with E-state index in [1.165, 1.54) is 0 Å². The average Bonchev–Trinajstić information content (AvgIpc) is 2.62. The zero-order chi connectivity index (χ0) is 16.2. The lowest BCUT2D eigenvalue weighted by Crippen LogP contribution is -2.38. The topological polar surface area (TPSA) is 44.1 Å². The Hall–Kier alpha value is -2.60. The summed E-state index contributed by atoms with van der Waals surface area (Å²) in [5.41, 5.74) is 2.95. The zero-order valence-electron chi connectivity index (χ0n) is 13.3. The lowest BCUT2D eigenvalue weighted by atomic mass is 9.94. The van der Waals surface area contributed by atoms with Gasteiger partial charge in [-0.3, -0.25) is 4.79 Å². The molecule has 3 nitrogen and oxygen atoms in total. The van der Waals surface area contributed by atoms with Gasteiger partial charge in [-0.15, -0.1) is 0 Å². The van der Waals surface area contributed by atoms with Crippen molar-refractivity contribution in [2.45, 2.75) is 19.8 Å². The van der Waals surface area contributed by atoms with Crippen LogP contribution in [0.3, 0.4) is 0 Å². The van der Waals surface area contributed by atoms with E-state index in [9.17, 15) is 10.1 Å². The number of hydrogen-bond acceptors (Lipinski definition) is 2. The maximum Gasteiger partial charge on any atom is 0.254 e. The maximum absolute atomic E-state index is 12.9. The summed E-state index contributed by atoms with van der Waals surface area (Å²) < 4.78 is 0. The predicted molar refractivity (Wildman–Crippen MR) is 90.9 cm³/mol. The van der Waals surface area contributed by atoms with Crippen LogP contribution in [-0.4, -0.2) is 23.9 Å². The van der Waals surface area contributed by atoms with Gasteiger partial charge in [0.05, 0.1) is 11.6 Å². The van der Waals surface area contributed by atoms with Crippen molar-refractivity contribution in [1.82, 2.24) is 4.90 Å².